The van der Waals surface area contributed by atoms with Crippen LogP contribution < -0.4 is 0 Å². The zero-order valence-electron chi connectivity index (χ0n) is 15.0. The smallest absolute Gasteiger partial charge is 0.289 e. The van der Waals surface area contributed by atoms with Gasteiger partial charge in [-0.05, 0) is 54.8 Å². The van der Waals surface area contributed by atoms with Crippen LogP contribution in [0.3, 0.4) is 0 Å². The molecule has 2 aromatic heterocycles. The van der Waals surface area contributed by atoms with Gasteiger partial charge in [0.25, 0.3) is 5.91 Å². The lowest BCUT2D eigenvalue weighted by Gasteiger charge is -2.39. The van der Waals surface area contributed by atoms with Crippen LogP contribution in [-0.2, 0) is 11.2 Å². The zero-order valence-corrected chi connectivity index (χ0v) is 15.8. The van der Waals surface area contributed by atoms with E-state index in [1.54, 1.807) is 28.4 Å². The first-order valence-electron chi connectivity index (χ1n) is 9.38. The molecule has 5 nitrogen and oxygen atoms in total. The van der Waals surface area contributed by atoms with Crippen molar-refractivity contribution in [2.45, 2.75) is 38.6 Å². The minimum absolute atomic E-state index is 0.0184. The molecule has 2 aliphatic heterocycles. The molecule has 2 aromatic rings. The fraction of sp³-hybridized carbons (Fsp3) is 0.500. The first-order chi connectivity index (χ1) is 12.7. The Kier molecular flexibility index (Phi) is 4.85. The molecule has 6 heteroatoms. The Bertz CT molecular complexity index is 775. The summed E-state index contributed by atoms with van der Waals surface area (Å²) in [6.45, 7) is 4.20. The Hall–Kier alpha value is -2.08. The maximum absolute atomic E-state index is 13.2. The van der Waals surface area contributed by atoms with Gasteiger partial charge in [-0.15, -0.1) is 11.3 Å². The first-order valence-corrected chi connectivity index (χ1v) is 10.3. The maximum Gasteiger partial charge on any atom is 0.289 e. The molecule has 0 radical (unpaired) electrons. The lowest BCUT2D eigenvalue weighted by atomic mass is 9.91. The molecule has 4 rings (SSSR count). The molecule has 0 N–H and O–H groups in total. The van der Waals surface area contributed by atoms with Gasteiger partial charge >= 0.3 is 0 Å². The summed E-state index contributed by atoms with van der Waals surface area (Å²) >= 11 is 1.80. The van der Waals surface area contributed by atoms with E-state index in [2.05, 4.69) is 23.3 Å². The number of rotatable bonds is 3. The van der Waals surface area contributed by atoms with Crippen molar-refractivity contribution < 1.29 is 14.0 Å². The van der Waals surface area contributed by atoms with Gasteiger partial charge in [-0.1, -0.05) is 6.92 Å². The van der Waals surface area contributed by atoms with E-state index in [4.69, 9.17) is 4.42 Å². The van der Waals surface area contributed by atoms with Gasteiger partial charge in [-0.2, -0.15) is 0 Å². The summed E-state index contributed by atoms with van der Waals surface area (Å²) < 4.78 is 5.21. The lowest BCUT2D eigenvalue weighted by molar-refractivity contribution is -0.140. The van der Waals surface area contributed by atoms with Crippen molar-refractivity contribution in [2.75, 3.05) is 19.6 Å². The van der Waals surface area contributed by atoms with Gasteiger partial charge in [0.2, 0.25) is 5.91 Å². The van der Waals surface area contributed by atoms with Gasteiger partial charge in [0.15, 0.2) is 5.76 Å². The van der Waals surface area contributed by atoms with Crippen molar-refractivity contribution in [3.63, 3.8) is 0 Å². The molecule has 0 aliphatic carbocycles. The largest absolute Gasteiger partial charge is 0.459 e. The van der Waals surface area contributed by atoms with Gasteiger partial charge in [-0.25, -0.2) is 0 Å². The number of amides is 2. The average Bonchev–Trinajstić information content (AvgIpc) is 3.37. The second-order valence-electron chi connectivity index (χ2n) is 7.05. The van der Waals surface area contributed by atoms with Crippen LogP contribution in [0.15, 0.2) is 34.3 Å². The highest BCUT2D eigenvalue weighted by atomic mass is 32.1. The van der Waals surface area contributed by atoms with Gasteiger partial charge < -0.3 is 14.2 Å². The first kappa shape index (κ1) is 17.3. The molecule has 1 atom stereocenters. The monoisotopic (exact) mass is 372 g/mol. The Labute approximate surface area is 157 Å². The zero-order chi connectivity index (χ0) is 18.1. The van der Waals surface area contributed by atoms with Crippen LogP contribution in [0.2, 0.25) is 0 Å². The van der Waals surface area contributed by atoms with Crippen molar-refractivity contribution in [3.05, 3.63) is 46.0 Å². The predicted octanol–water partition coefficient (Wildman–Crippen LogP) is 3.73. The lowest BCUT2D eigenvalue weighted by Crippen LogP contribution is -2.47. The SMILES string of the molecule is CCC1c2ccsc2CCN1C(=O)C1CCN(C(=O)c2ccco2)CC1. The van der Waals surface area contributed by atoms with Crippen molar-refractivity contribution in [1.29, 1.82) is 0 Å². The highest BCUT2D eigenvalue weighted by molar-refractivity contribution is 7.10. The van der Waals surface area contributed by atoms with Crippen LogP contribution >= 0.6 is 11.3 Å². The molecule has 0 bridgehead atoms. The number of nitrogens with zero attached hydrogens (tertiary/aromatic N) is 2. The Balaban J connectivity index is 1.40. The Morgan fingerprint density at radius 3 is 2.73 bits per heavy atom. The van der Waals surface area contributed by atoms with Crippen LogP contribution in [0.1, 0.15) is 53.2 Å². The number of likely N-dealkylation sites (tertiary alicyclic amines) is 1. The molecule has 138 valence electrons. The second-order valence-corrected chi connectivity index (χ2v) is 8.05. The van der Waals surface area contributed by atoms with Gasteiger partial charge in [0, 0.05) is 30.4 Å². The molecule has 0 spiro atoms. The highest BCUT2D eigenvalue weighted by Crippen LogP contribution is 2.37. The van der Waals surface area contributed by atoms with Crippen molar-refractivity contribution >= 4 is 23.2 Å². The predicted molar refractivity (Wildman–Crippen MR) is 100 cm³/mol. The van der Waals surface area contributed by atoms with Crippen molar-refractivity contribution in [1.82, 2.24) is 9.80 Å². The summed E-state index contributed by atoms with van der Waals surface area (Å²) in [5, 5.41) is 2.14. The molecule has 1 unspecified atom stereocenters. The quantitative estimate of drug-likeness (QED) is 0.825. The maximum atomic E-state index is 13.2. The number of hydrogen-bond donors (Lipinski definition) is 0. The van der Waals surface area contributed by atoms with Crippen LogP contribution in [0.25, 0.3) is 0 Å². The minimum Gasteiger partial charge on any atom is -0.459 e. The molecule has 0 saturated carbocycles. The average molecular weight is 372 g/mol. The van der Waals surface area contributed by atoms with E-state index in [1.165, 1.54) is 16.7 Å². The van der Waals surface area contributed by atoms with Gasteiger partial charge in [0.1, 0.15) is 0 Å². The third-order valence-electron chi connectivity index (χ3n) is 5.63. The van der Waals surface area contributed by atoms with Crippen LogP contribution in [0, 0.1) is 5.92 Å². The van der Waals surface area contributed by atoms with Crippen molar-refractivity contribution in [3.8, 4) is 0 Å². The van der Waals surface area contributed by atoms with E-state index < -0.39 is 0 Å². The topological polar surface area (TPSA) is 53.8 Å². The summed E-state index contributed by atoms with van der Waals surface area (Å²) in [7, 11) is 0. The van der Waals surface area contributed by atoms with E-state index in [1.807, 2.05) is 0 Å². The minimum atomic E-state index is -0.0757. The van der Waals surface area contributed by atoms with Gasteiger partial charge in [-0.3, -0.25) is 9.59 Å². The number of hydrogen-bond acceptors (Lipinski definition) is 4. The molecular weight excluding hydrogens is 348 g/mol. The third kappa shape index (κ3) is 3.07. The van der Waals surface area contributed by atoms with E-state index >= 15 is 0 Å². The molecule has 26 heavy (non-hydrogen) atoms. The highest BCUT2D eigenvalue weighted by Gasteiger charge is 2.36. The molecular formula is C20H24N2O3S. The second kappa shape index (κ2) is 7.27. The van der Waals surface area contributed by atoms with E-state index in [0.29, 0.717) is 18.8 Å². The van der Waals surface area contributed by atoms with Crippen LogP contribution in [0.4, 0.5) is 0 Å². The number of carbonyl (C=O) groups is 2. The summed E-state index contributed by atoms with van der Waals surface area (Å²) in [5.74, 6) is 0.582. The van der Waals surface area contributed by atoms with Crippen molar-refractivity contribution in [2.24, 2.45) is 5.92 Å². The molecule has 1 saturated heterocycles. The summed E-state index contributed by atoms with van der Waals surface area (Å²) in [6, 6.07) is 5.81. The number of furan rings is 1. The molecule has 4 heterocycles. The summed E-state index contributed by atoms with van der Waals surface area (Å²) in [5.41, 5.74) is 1.34. The number of thiophene rings is 1. The summed E-state index contributed by atoms with van der Waals surface area (Å²) in [4.78, 5) is 30.9. The normalized spacial score (nSPS) is 20.9. The Morgan fingerprint density at radius 1 is 1.23 bits per heavy atom. The molecule has 2 aliphatic rings. The van der Waals surface area contributed by atoms with Crippen LogP contribution in [-0.4, -0.2) is 41.2 Å². The number of fused-ring (bicyclic) bond motifs is 1. The van der Waals surface area contributed by atoms with E-state index in [9.17, 15) is 9.59 Å². The van der Waals surface area contributed by atoms with Crippen LogP contribution in [0.5, 0.6) is 0 Å². The standard InChI is InChI=1S/C20H24N2O3S/c1-2-16-15-8-13-26-18(15)7-11-22(16)19(23)14-5-9-21(10-6-14)20(24)17-4-3-12-25-17/h3-4,8,12-14,16H,2,5-7,9-11H2,1H3. The van der Waals surface area contributed by atoms with E-state index in [-0.39, 0.29) is 23.8 Å². The third-order valence-corrected chi connectivity index (χ3v) is 6.62. The molecule has 1 fully saturated rings. The van der Waals surface area contributed by atoms with Gasteiger partial charge in [0.05, 0.1) is 12.3 Å². The molecule has 2 amide bonds. The number of piperidine rings is 1. The fourth-order valence-electron chi connectivity index (χ4n) is 4.22. The fourth-order valence-corrected chi connectivity index (χ4v) is 5.15. The Morgan fingerprint density at radius 2 is 2.04 bits per heavy atom. The molecule has 0 aromatic carbocycles. The summed E-state index contributed by atoms with van der Waals surface area (Å²) in [6.07, 6.45) is 4.89. The number of carbonyl (C=O) groups excluding carboxylic acids is 2. The van der Waals surface area contributed by atoms with E-state index in [0.717, 1.165) is 32.2 Å².